The molecule has 0 saturated heterocycles. The third kappa shape index (κ3) is 1.50. The first-order valence-electron chi connectivity index (χ1n) is 14.3. The summed E-state index contributed by atoms with van der Waals surface area (Å²) in [7, 11) is 0. The van der Waals surface area contributed by atoms with Crippen LogP contribution in [0.1, 0.15) is 0 Å². The normalized spacial score (nSPS) is 14.0. The third-order valence-corrected chi connectivity index (χ3v) is 10.9. The molecule has 176 valence electrons. The fourth-order valence-corrected chi connectivity index (χ4v) is 9.72. The second-order valence-electron chi connectivity index (χ2n) is 12.2. The van der Waals surface area contributed by atoms with Crippen molar-refractivity contribution < 1.29 is 0 Å². The average Bonchev–Trinajstić information content (AvgIpc) is 3.71. The Hall–Kier alpha value is -5.20. The number of rotatable bonds is 0. The maximum Gasteiger partial charge on any atom is -0.0000706 e. The van der Waals surface area contributed by atoms with Crippen LogP contribution < -0.4 is 0 Å². The van der Waals surface area contributed by atoms with E-state index in [1.165, 1.54) is 129 Å². The van der Waals surface area contributed by atoms with E-state index in [2.05, 4.69) is 97.1 Å². The first-order chi connectivity index (χ1) is 19.9. The molecule has 0 nitrogen and oxygen atoms in total. The summed E-state index contributed by atoms with van der Waals surface area (Å²) in [5.74, 6) is 0. The van der Waals surface area contributed by atoms with Gasteiger partial charge in [-0.15, -0.1) is 0 Å². The van der Waals surface area contributed by atoms with Gasteiger partial charge in [0.1, 0.15) is 0 Å². The van der Waals surface area contributed by atoms with Gasteiger partial charge < -0.3 is 0 Å². The van der Waals surface area contributed by atoms with Gasteiger partial charge in [-0.2, -0.15) is 0 Å². The smallest absolute Gasteiger partial charge is 0.0000706 e. The van der Waals surface area contributed by atoms with Crippen LogP contribution in [0.15, 0.2) is 97.1 Å². The molecule has 0 heterocycles. The summed E-state index contributed by atoms with van der Waals surface area (Å²) in [6.45, 7) is 0. The predicted octanol–water partition coefficient (Wildman–Crippen LogP) is 11.6. The summed E-state index contributed by atoms with van der Waals surface area (Å²) in [5, 5.41) is 34.3. The van der Waals surface area contributed by atoms with Gasteiger partial charge in [-0.25, -0.2) is 0 Å². The lowest BCUT2D eigenvalue weighted by atomic mass is 9.91. The SMILES string of the molecule is c1cc2c3cccc4c5ccc6c7cccc8c9cccc%10c%11ccc%12c(c1)c2c1c%12c%11c(c9%10)c(c87)c6c5c1c34. The molecule has 0 fully saturated rings. The highest BCUT2D eigenvalue weighted by molar-refractivity contribution is 6.60. The Labute approximate surface area is 225 Å². The van der Waals surface area contributed by atoms with Crippen LogP contribution in [0.4, 0.5) is 0 Å². The number of fused-ring (bicyclic) bond motifs is 6. The molecule has 0 amide bonds. The molecular weight excluding hydrogens is 480 g/mol. The molecule has 13 aromatic carbocycles. The summed E-state index contributed by atoms with van der Waals surface area (Å²) in [5.41, 5.74) is 0. The number of benzene rings is 8. The lowest BCUT2D eigenvalue weighted by Gasteiger charge is -2.11. The van der Waals surface area contributed by atoms with Crippen molar-refractivity contribution in [1.82, 2.24) is 0 Å². The predicted molar refractivity (Wildman–Crippen MR) is 175 cm³/mol. The van der Waals surface area contributed by atoms with E-state index in [0.29, 0.717) is 0 Å². The molecule has 0 saturated carbocycles. The molecular formula is C40H16. The van der Waals surface area contributed by atoms with Crippen molar-refractivity contribution >= 4 is 129 Å². The third-order valence-electron chi connectivity index (χ3n) is 10.9. The highest BCUT2D eigenvalue weighted by Gasteiger charge is 2.30. The van der Waals surface area contributed by atoms with Crippen LogP contribution in [0.3, 0.4) is 0 Å². The minimum Gasteiger partial charge on any atom is -0.0610 e. The zero-order valence-electron chi connectivity index (χ0n) is 21.2. The van der Waals surface area contributed by atoms with Crippen LogP contribution in [0.2, 0.25) is 0 Å². The van der Waals surface area contributed by atoms with Crippen molar-refractivity contribution in [3.8, 4) is 0 Å². The maximum absolute atomic E-state index is 2.42. The Bertz CT molecular complexity index is 2740. The van der Waals surface area contributed by atoms with E-state index in [4.69, 9.17) is 0 Å². The Morgan fingerprint density at radius 1 is 0.150 bits per heavy atom. The molecule has 0 bridgehead atoms. The molecule has 0 aliphatic rings. The summed E-state index contributed by atoms with van der Waals surface area (Å²) >= 11 is 0. The summed E-state index contributed by atoms with van der Waals surface area (Å²) < 4.78 is 0. The lowest BCUT2D eigenvalue weighted by Crippen LogP contribution is -1.82. The summed E-state index contributed by atoms with van der Waals surface area (Å²) in [6, 6.07) is 37.7. The van der Waals surface area contributed by atoms with E-state index in [1.807, 2.05) is 0 Å². The fraction of sp³-hybridized carbons (Fsp3) is 0. The Morgan fingerprint density at radius 2 is 0.325 bits per heavy atom. The van der Waals surface area contributed by atoms with Gasteiger partial charge in [-0.3, -0.25) is 0 Å². The van der Waals surface area contributed by atoms with Gasteiger partial charge >= 0.3 is 0 Å². The molecule has 0 spiro atoms. The standard InChI is InChI=1S/C40H16/c1-5-17-18-6-2-10-22-27-15-16-28-24-12-4-8-20-19-7-3-11-23-26-14-13-25-21(9-1)29(17)37-33(25)34(26)39(31(19)23)40(32(20)24)36(28)35(27)38(37)30(18)22/h1-16H. The minimum atomic E-state index is 1.39. The Kier molecular flexibility index (Phi) is 2.41. The Balaban J connectivity index is 1.65. The summed E-state index contributed by atoms with van der Waals surface area (Å²) in [6.07, 6.45) is 0. The summed E-state index contributed by atoms with van der Waals surface area (Å²) in [4.78, 5) is 0. The van der Waals surface area contributed by atoms with Crippen LogP contribution in [0, 0.1) is 0 Å². The Morgan fingerprint density at radius 3 is 0.525 bits per heavy atom. The van der Waals surface area contributed by atoms with E-state index >= 15 is 0 Å². The van der Waals surface area contributed by atoms with Gasteiger partial charge in [-0.05, 0) is 129 Å². The lowest BCUT2D eigenvalue weighted by molar-refractivity contribution is 1.87. The number of hydrogen-bond donors (Lipinski definition) is 0. The van der Waals surface area contributed by atoms with Crippen molar-refractivity contribution in [3.63, 3.8) is 0 Å². The quantitative estimate of drug-likeness (QED) is 0.183. The molecule has 0 aliphatic carbocycles. The highest BCUT2D eigenvalue weighted by Crippen LogP contribution is 2.59. The van der Waals surface area contributed by atoms with Gasteiger partial charge in [0.15, 0.2) is 0 Å². The molecule has 0 aliphatic heterocycles. The zero-order chi connectivity index (χ0) is 25.2. The number of hydrogen-bond acceptors (Lipinski definition) is 0. The van der Waals surface area contributed by atoms with E-state index < -0.39 is 0 Å². The molecule has 0 unspecified atom stereocenters. The van der Waals surface area contributed by atoms with Gasteiger partial charge in [0.25, 0.3) is 0 Å². The monoisotopic (exact) mass is 496 g/mol. The van der Waals surface area contributed by atoms with Crippen molar-refractivity contribution in [2.24, 2.45) is 0 Å². The molecule has 0 N–H and O–H groups in total. The van der Waals surface area contributed by atoms with E-state index in [0.717, 1.165) is 0 Å². The van der Waals surface area contributed by atoms with Gasteiger partial charge in [0.2, 0.25) is 0 Å². The van der Waals surface area contributed by atoms with Crippen LogP contribution in [0.25, 0.3) is 129 Å². The zero-order valence-corrected chi connectivity index (χ0v) is 21.2. The van der Waals surface area contributed by atoms with Crippen LogP contribution in [-0.2, 0) is 0 Å². The van der Waals surface area contributed by atoms with Gasteiger partial charge in [-0.1, -0.05) is 97.1 Å². The first-order valence-corrected chi connectivity index (χ1v) is 14.3. The minimum absolute atomic E-state index is 1.39. The van der Waals surface area contributed by atoms with E-state index in [1.54, 1.807) is 0 Å². The first kappa shape index (κ1) is 18.2. The average molecular weight is 497 g/mol. The largest absolute Gasteiger partial charge is 0.0610 e. The van der Waals surface area contributed by atoms with Gasteiger partial charge in [0.05, 0.1) is 0 Å². The molecule has 40 heavy (non-hydrogen) atoms. The van der Waals surface area contributed by atoms with Gasteiger partial charge in [0, 0.05) is 0 Å². The van der Waals surface area contributed by atoms with Crippen LogP contribution in [0.5, 0.6) is 0 Å². The van der Waals surface area contributed by atoms with Crippen LogP contribution in [-0.4, -0.2) is 0 Å². The molecule has 0 radical (unpaired) electrons. The topological polar surface area (TPSA) is 0 Å². The van der Waals surface area contributed by atoms with E-state index in [9.17, 15) is 0 Å². The second kappa shape index (κ2) is 5.30. The molecule has 0 heteroatoms. The second-order valence-corrected chi connectivity index (χ2v) is 12.2. The van der Waals surface area contributed by atoms with Crippen molar-refractivity contribution in [1.29, 1.82) is 0 Å². The fourth-order valence-electron chi connectivity index (χ4n) is 9.72. The van der Waals surface area contributed by atoms with Crippen molar-refractivity contribution in [3.05, 3.63) is 97.1 Å². The van der Waals surface area contributed by atoms with Crippen LogP contribution >= 0.6 is 0 Å². The maximum atomic E-state index is 2.42. The molecule has 13 rings (SSSR count). The molecule has 13 aromatic rings. The molecule has 0 aromatic heterocycles. The molecule has 0 atom stereocenters. The highest BCUT2D eigenvalue weighted by atomic mass is 14.3. The van der Waals surface area contributed by atoms with E-state index in [-0.39, 0.29) is 0 Å². The van der Waals surface area contributed by atoms with Crippen molar-refractivity contribution in [2.45, 2.75) is 0 Å². The van der Waals surface area contributed by atoms with Crippen molar-refractivity contribution in [2.75, 3.05) is 0 Å².